The van der Waals surface area contributed by atoms with Crippen molar-refractivity contribution in [3.05, 3.63) is 238 Å². The number of nitrogens with one attached hydrogen (secondary N) is 2. The van der Waals surface area contributed by atoms with Crippen LogP contribution in [0, 0.1) is 35.5 Å². The molecule has 42 heteroatoms. The van der Waals surface area contributed by atoms with Gasteiger partial charge in [-0.05, 0) is 103 Å². The minimum Gasteiger partial charge on any atom is -0.802 e. The number of aromatic nitrogens is 7. The molecule has 0 bridgehead atoms. The van der Waals surface area contributed by atoms with Gasteiger partial charge in [-0.3, -0.25) is 42.6 Å². The summed E-state index contributed by atoms with van der Waals surface area (Å²) in [4.78, 5) is 121. The van der Waals surface area contributed by atoms with E-state index in [9.17, 15) is 87.8 Å². The highest BCUT2D eigenvalue weighted by atomic mass is 32.7. The van der Waals surface area contributed by atoms with Crippen molar-refractivity contribution in [3.63, 3.8) is 0 Å². The third-order valence-electron chi connectivity index (χ3n) is 17.7. The van der Waals surface area contributed by atoms with Crippen molar-refractivity contribution >= 4 is 73.2 Å². The normalized spacial score (nSPS) is 20.9. The molecule has 0 saturated carbocycles. The third-order valence-corrected chi connectivity index (χ3v) is 26.0. The van der Waals surface area contributed by atoms with Crippen molar-refractivity contribution in [2.75, 3.05) is 30.9 Å². The second kappa shape index (κ2) is 39.4. The monoisotopic (exact) mass is 1690 g/mol. The summed E-state index contributed by atoms with van der Waals surface area (Å²) in [6.45, 7) is -2.11. The average molecular weight is 1690 g/mol. The fraction of sp³-hybridized carbons (Fsp3) is 0.293. The van der Waals surface area contributed by atoms with Gasteiger partial charge in [0.15, 0.2) is 12.3 Å². The van der Waals surface area contributed by atoms with Crippen molar-refractivity contribution in [2.24, 2.45) is 11.5 Å². The van der Waals surface area contributed by atoms with Crippen LogP contribution in [0.1, 0.15) is 120 Å². The Morgan fingerprint density at radius 2 is 1.17 bits per heavy atom. The standard InChI is InChI=1S/C27H27N3O7.C25H26N3O15P3S.C23H25N5O5/c1-2-21-23(32)24(33)26(37-21)30-15-18(25(34)29-27(30)35)12-11-16-7-6-10-19(13-16)36-22(31)14-20(28)17-8-4-3-5-9-17;1-47-46(38,43-45(37,42-33)44(34,35)36)39-14-21-20(29)12-22(41-21)28-13-16(23(30)27-25(28)32)10-9-15-5-4-6-17(11-15)40-24(31)18-7-2-3-8-19(18)26;1-2-18-16(29)9-19(33-18)28-11-14(20-21(25)26-12-27-22(20)28)7-6-13-4-3-5-15(8-13)32-23(31)17(30)10-24/h3-10,13,15,20-21,23-24,26,32-33H,2,14,28H2,1H3,(H,29,34,35);2-8,11,13,20-22,29,33H,12,14,26H2,1H3,(H,27,30,32)(H2,34,35,36);3-5,8,11-12,16-19,29-30H,2,9-10,24H2,1H3,(H2,25,26,27)/p-3/t20?,21-,23-,24-,26-;20-,21+,22+,45?,46?;16-,17?,18+,19+/m100/s1. The number of ether oxygens (including phenoxy) is 6. The van der Waals surface area contributed by atoms with E-state index in [1.165, 1.54) is 36.8 Å². The highest BCUT2D eigenvalue weighted by Gasteiger charge is 2.45. The number of nitrogens with two attached hydrogens (primary N) is 4. The van der Waals surface area contributed by atoms with Gasteiger partial charge in [0.25, 0.3) is 11.1 Å². The van der Waals surface area contributed by atoms with Gasteiger partial charge >= 0.3 is 43.4 Å². The van der Waals surface area contributed by atoms with E-state index in [2.05, 4.69) is 64.4 Å². The predicted molar refractivity (Wildman–Crippen MR) is 412 cm³/mol. The van der Waals surface area contributed by atoms with Crippen molar-refractivity contribution in [1.29, 1.82) is 0 Å². The van der Waals surface area contributed by atoms with E-state index >= 15 is 0 Å². The number of para-hydroxylation sites is 1. The minimum absolute atomic E-state index is 0.0144. The molecule has 15 N–H and O–H groups in total. The van der Waals surface area contributed by atoms with E-state index in [0.29, 0.717) is 52.5 Å². The van der Waals surface area contributed by atoms with E-state index in [0.717, 1.165) is 27.2 Å². The fourth-order valence-corrected chi connectivity index (χ4v) is 18.4. The van der Waals surface area contributed by atoms with Crippen LogP contribution in [0.15, 0.2) is 171 Å². The second-order valence-electron chi connectivity index (χ2n) is 25.8. The molecule has 0 spiro atoms. The molecule has 0 amide bonds. The van der Waals surface area contributed by atoms with Gasteiger partial charge < -0.3 is 106 Å². The first-order chi connectivity index (χ1) is 55.7. The first kappa shape index (κ1) is 88.5. The molecule has 5 aromatic carbocycles. The van der Waals surface area contributed by atoms with Gasteiger partial charge in [0.1, 0.15) is 76.9 Å². The highest BCUT2D eigenvalue weighted by molar-refractivity contribution is 8.56. The zero-order valence-electron chi connectivity index (χ0n) is 61.8. The maximum Gasteiger partial charge on any atom is 0.396 e. The summed E-state index contributed by atoms with van der Waals surface area (Å²) in [7, 11) is -12.3. The number of carbonyl (C=O) groups excluding carboxylic acids is 3. The summed E-state index contributed by atoms with van der Waals surface area (Å²) < 4.78 is 84.7. The number of esters is 3. The van der Waals surface area contributed by atoms with Crippen LogP contribution in [0.4, 0.5) is 11.5 Å². The molecule has 14 atom stereocenters. The van der Waals surface area contributed by atoms with Gasteiger partial charge in [0.2, 0.25) is 0 Å². The van der Waals surface area contributed by atoms with Crippen LogP contribution in [0.25, 0.3) is 11.0 Å². The number of hydrogen-bond donors (Lipinski definition) is 11. The third kappa shape index (κ3) is 22.3. The lowest BCUT2D eigenvalue weighted by Gasteiger charge is -2.38. The number of fused-ring (bicyclic) bond motifs is 1. The maximum absolute atomic E-state index is 12.7. The number of benzene rings is 5. The number of aliphatic hydroxyl groups excluding tert-OH is 5. The molecule has 3 saturated heterocycles. The molecule has 4 unspecified atom stereocenters. The lowest BCUT2D eigenvalue weighted by atomic mass is 10.1. The van der Waals surface area contributed by atoms with Gasteiger partial charge in [0.05, 0.1) is 61.2 Å². The Morgan fingerprint density at radius 1 is 0.650 bits per heavy atom. The molecular formula is C75H75N11O27P3S-3. The number of anilines is 2. The summed E-state index contributed by atoms with van der Waals surface area (Å²) in [5.41, 5.74) is 23.5. The lowest BCUT2D eigenvalue weighted by molar-refractivity contribution is -0.639. The average Bonchev–Trinajstić information content (AvgIpc) is 1.62. The number of aliphatic hydroxyl groups is 5. The Bertz CT molecular complexity index is 5750. The van der Waals surface area contributed by atoms with Crippen LogP contribution in [0.2, 0.25) is 0 Å². The summed E-state index contributed by atoms with van der Waals surface area (Å²) in [6, 6.07) is 34.1. The van der Waals surface area contributed by atoms with Gasteiger partial charge in [-0.1, -0.05) is 110 Å². The molecule has 4 aromatic heterocycles. The lowest BCUT2D eigenvalue weighted by Crippen LogP contribution is -2.38. The number of nitrogen functional groups attached to an aromatic ring is 2. The Hall–Kier alpha value is -10.8. The number of carbonyl (C=O) groups is 3. The molecule has 3 fully saturated rings. The molecule has 9 aromatic rings. The molecular weight excluding hydrogens is 1610 g/mol. The molecule has 7 heterocycles. The summed E-state index contributed by atoms with van der Waals surface area (Å²) in [5, 5.41) is 61.9. The largest absolute Gasteiger partial charge is 0.802 e. The molecule has 38 nitrogen and oxygen atoms in total. The van der Waals surface area contributed by atoms with Gasteiger partial charge in [-0.15, -0.1) is 0 Å². The Labute approximate surface area is 667 Å². The zero-order chi connectivity index (χ0) is 84.6. The zero-order valence-corrected chi connectivity index (χ0v) is 65.3. The van der Waals surface area contributed by atoms with Crippen LogP contribution in [0.3, 0.4) is 0 Å². The molecule has 616 valence electrons. The molecule has 117 heavy (non-hydrogen) atoms. The predicted octanol–water partition coefficient (Wildman–Crippen LogP) is 1.86. The number of H-pyrrole nitrogens is 2. The number of hydrogen-bond acceptors (Lipinski definition) is 34. The Kier molecular flexibility index (Phi) is 29.8. The molecule has 3 aliphatic rings. The number of nitrogens with zero attached hydrogens (tertiary/aromatic N) is 5. The van der Waals surface area contributed by atoms with E-state index in [4.69, 9.17) is 55.9 Å². The first-order valence-electron chi connectivity index (χ1n) is 35.3. The highest BCUT2D eigenvalue weighted by Crippen LogP contribution is 2.81. The summed E-state index contributed by atoms with van der Waals surface area (Å²) >= 11 is 0.169. The minimum atomic E-state index is -6.32. The summed E-state index contributed by atoms with van der Waals surface area (Å²) in [5.74, 6) is 15.8. The van der Waals surface area contributed by atoms with Gasteiger partial charge in [-0.25, -0.2) is 38.0 Å². The van der Waals surface area contributed by atoms with Crippen molar-refractivity contribution in [2.45, 2.75) is 120 Å². The second-order valence-corrected chi connectivity index (χ2v) is 35.3. The first-order valence-corrected chi connectivity index (χ1v) is 42.4. The van der Waals surface area contributed by atoms with E-state index < -0.39 is 136 Å². The van der Waals surface area contributed by atoms with Crippen molar-refractivity contribution < 1.29 is 111 Å². The van der Waals surface area contributed by atoms with Crippen LogP contribution in [0.5, 0.6) is 17.2 Å². The summed E-state index contributed by atoms with van der Waals surface area (Å²) in [6.07, 6.45) is -3.17. The number of aromatic amines is 2. The quantitative estimate of drug-likeness (QED) is 0.00877. The van der Waals surface area contributed by atoms with Crippen LogP contribution in [-0.4, -0.2) is 145 Å². The molecule has 12 rings (SSSR count). The van der Waals surface area contributed by atoms with Crippen LogP contribution in [-0.2, 0) is 51.0 Å². The Morgan fingerprint density at radius 3 is 1.72 bits per heavy atom. The van der Waals surface area contributed by atoms with E-state index in [-0.39, 0.29) is 82.3 Å². The van der Waals surface area contributed by atoms with Crippen molar-refractivity contribution in [3.8, 4) is 52.8 Å². The van der Waals surface area contributed by atoms with Crippen LogP contribution >= 0.6 is 32.7 Å². The Balaban J connectivity index is 0.000000188. The van der Waals surface area contributed by atoms with E-state index in [1.54, 1.807) is 85.9 Å². The SMILES string of the molecule is CC[C@H]1O[C@@H](n2cc(C#Cc3cccc(OC(=O)C(O)CN)c3)c3c(N)ncnc32)C[C@@H]1O.CC[C@H]1O[C@@H](n2cc(C#Cc3cccc(OC(=O)CC(N)c4ccccc4)c3)c(=O)[nH]c2=O)[C@H](O)[C@@H]1O.CSP(=O)(OC[C@H]1O[C@@H](n2cc(C#Cc3cccc(OC(=O)c4ccccc4N)c3)c(=O)[nH]c2=O)C[C@@H]1O)OP(=O)(O[O-])P(=O)([O-])[O-]. The molecule has 0 radical (unpaired) electrons. The molecule has 0 aliphatic carbocycles. The van der Waals surface area contributed by atoms with Gasteiger partial charge in [0, 0.05) is 66.4 Å². The smallest absolute Gasteiger partial charge is 0.396 e. The number of rotatable bonds is 22. The van der Waals surface area contributed by atoms with Gasteiger partial charge in [-0.2, -0.15) is 0 Å². The fourth-order valence-electron chi connectivity index (χ4n) is 11.7. The topological polar surface area (TPSA) is 600 Å². The van der Waals surface area contributed by atoms with Crippen LogP contribution < -0.4 is 74.7 Å². The van der Waals surface area contributed by atoms with Crippen molar-refractivity contribution in [1.82, 2.24) is 33.6 Å². The van der Waals surface area contributed by atoms with E-state index in [1.807, 2.05) is 41.8 Å². The molecule has 3 aliphatic heterocycles. The maximum atomic E-state index is 12.7.